The molecule has 1 saturated carbocycles. The highest BCUT2D eigenvalue weighted by atomic mass is 15.4. The van der Waals surface area contributed by atoms with Gasteiger partial charge in [0.1, 0.15) is 0 Å². The minimum absolute atomic E-state index is 0.391. The molecule has 0 aromatic carbocycles. The summed E-state index contributed by atoms with van der Waals surface area (Å²) in [5, 5.41) is 12.3. The van der Waals surface area contributed by atoms with E-state index in [0.29, 0.717) is 17.4 Å². The average Bonchev–Trinajstić information content (AvgIpc) is 2.89. The van der Waals surface area contributed by atoms with Crippen LogP contribution in [-0.2, 0) is 6.54 Å². The number of aromatic nitrogens is 3. The van der Waals surface area contributed by atoms with Crippen LogP contribution in [0, 0.1) is 11.3 Å². The Labute approximate surface area is 129 Å². The van der Waals surface area contributed by atoms with Crippen LogP contribution in [0.15, 0.2) is 6.20 Å². The van der Waals surface area contributed by atoms with Crippen LogP contribution < -0.4 is 5.32 Å². The fraction of sp³-hybridized carbons (Fsp3) is 0.882. The van der Waals surface area contributed by atoms with Gasteiger partial charge in [0.2, 0.25) is 0 Å². The second kappa shape index (κ2) is 7.39. The van der Waals surface area contributed by atoms with Crippen LogP contribution in [0.2, 0.25) is 0 Å². The zero-order chi connectivity index (χ0) is 15.3. The summed E-state index contributed by atoms with van der Waals surface area (Å²) >= 11 is 0. The molecule has 120 valence electrons. The highest BCUT2D eigenvalue weighted by molar-refractivity contribution is 5.07. The number of hydrogen-bond donors (Lipinski definition) is 1. The first kappa shape index (κ1) is 16.5. The van der Waals surface area contributed by atoms with Gasteiger partial charge >= 0.3 is 0 Å². The molecule has 0 saturated heterocycles. The molecule has 1 aliphatic rings. The largest absolute Gasteiger partial charge is 0.308 e. The molecule has 21 heavy (non-hydrogen) atoms. The summed E-state index contributed by atoms with van der Waals surface area (Å²) in [7, 11) is 0. The van der Waals surface area contributed by atoms with Crippen LogP contribution in [0.5, 0.6) is 0 Å². The maximum absolute atomic E-state index is 4.30. The van der Waals surface area contributed by atoms with Gasteiger partial charge < -0.3 is 5.32 Å². The van der Waals surface area contributed by atoms with Gasteiger partial charge in [0.25, 0.3) is 0 Å². The number of aryl methyl sites for hydroxylation is 1. The molecule has 0 radical (unpaired) electrons. The fourth-order valence-corrected chi connectivity index (χ4v) is 3.78. The van der Waals surface area contributed by atoms with Gasteiger partial charge in [-0.15, -0.1) is 5.10 Å². The molecule has 1 N–H and O–H groups in total. The molecule has 1 aliphatic carbocycles. The molecule has 4 nitrogen and oxygen atoms in total. The minimum Gasteiger partial charge on any atom is -0.308 e. The van der Waals surface area contributed by atoms with Crippen LogP contribution in [0.25, 0.3) is 0 Å². The van der Waals surface area contributed by atoms with Crippen LogP contribution >= 0.6 is 0 Å². The Balaban J connectivity index is 2.26. The van der Waals surface area contributed by atoms with Gasteiger partial charge in [0.05, 0.1) is 17.9 Å². The highest BCUT2D eigenvalue weighted by Crippen LogP contribution is 2.46. The molecule has 1 fully saturated rings. The third kappa shape index (κ3) is 3.85. The van der Waals surface area contributed by atoms with Crippen molar-refractivity contribution in [3.63, 3.8) is 0 Å². The molecule has 0 bridgehead atoms. The lowest BCUT2D eigenvalue weighted by molar-refractivity contribution is 0.0946. The van der Waals surface area contributed by atoms with Crippen molar-refractivity contribution in [2.24, 2.45) is 11.3 Å². The fourth-order valence-electron chi connectivity index (χ4n) is 3.78. The van der Waals surface area contributed by atoms with Gasteiger partial charge in [-0.25, -0.2) is 4.68 Å². The average molecular weight is 292 g/mol. The molecule has 2 atom stereocenters. The van der Waals surface area contributed by atoms with Crippen molar-refractivity contribution in [1.29, 1.82) is 0 Å². The third-order valence-corrected chi connectivity index (χ3v) is 5.01. The summed E-state index contributed by atoms with van der Waals surface area (Å²) in [5.74, 6) is 0.673. The van der Waals surface area contributed by atoms with Gasteiger partial charge in [-0.1, -0.05) is 45.7 Å². The summed E-state index contributed by atoms with van der Waals surface area (Å²) in [4.78, 5) is 0. The van der Waals surface area contributed by atoms with Crippen LogP contribution in [-0.4, -0.2) is 21.5 Å². The molecular formula is C17H32N4. The predicted octanol–water partition coefficient (Wildman–Crippen LogP) is 3.95. The molecule has 1 aromatic heterocycles. The number of rotatable bonds is 7. The van der Waals surface area contributed by atoms with E-state index in [1.54, 1.807) is 0 Å². The number of hydrogen-bond acceptors (Lipinski definition) is 3. The van der Waals surface area contributed by atoms with Gasteiger partial charge in [0.15, 0.2) is 0 Å². The van der Waals surface area contributed by atoms with Crippen molar-refractivity contribution < 1.29 is 0 Å². The first-order valence-electron chi connectivity index (χ1n) is 8.72. The molecule has 0 spiro atoms. The monoisotopic (exact) mass is 292 g/mol. The topological polar surface area (TPSA) is 42.7 Å². The van der Waals surface area contributed by atoms with Crippen molar-refractivity contribution in [2.75, 3.05) is 6.54 Å². The first-order chi connectivity index (χ1) is 10.1. The van der Waals surface area contributed by atoms with E-state index in [0.717, 1.165) is 19.5 Å². The van der Waals surface area contributed by atoms with Crippen LogP contribution in [0.1, 0.15) is 78.0 Å². The molecule has 0 amide bonds. The molecule has 1 aromatic rings. The van der Waals surface area contributed by atoms with E-state index in [4.69, 9.17) is 0 Å². The van der Waals surface area contributed by atoms with Crippen molar-refractivity contribution in [1.82, 2.24) is 20.3 Å². The van der Waals surface area contributed by atoms with Gasteiger partial charge in [-0.05, 0) is 43.6 Å². The van der Waals surface area contributed by atoms with E-state index in [9.17, 15) is 0 Å². The minimum atomic E-state index is 0.391. The van der Waals surface area contributed by atoms with E-state index >= 15 is 0 Å². The zero-order valence-electron chi connectivity index (χ0n) is 14.2. The Bertz CT molecular complexity index is 424. The molecule has 2 rings (SSSR count). The molecule has 2 unspecified atom stereocenters. The maximum Gasteiger partial charge on any atom is 0.0759 e. The lowest BCUT2D eigenvalue weighted by Crippen LogP contribution is -2.40. The summed E-state index contributed by atoms with van der Waals surface area (Å²) < 4.78 is 2.11. The van der Waals surface area contributed by atoms with E-state index < -0.39 is 0 Å². The summed E-state index contributed by atoms with van der Waals surface area (Å²) in [6.45, 7) is 11.3. The van der Waals surface area contributed by atoms with Crippen LogP contribution in [0.4, 0.5) is 0 Å². The predicted molar refractivity (Wildman–Crippen MR) is 87.1 cm³/mol. The van der Waals surface area contributed by atoms with Crippen molar-refractivity contribution in [3.8, 4) is 0 Å². The molecule has 0 aliphatic heterocycles. The maximum atomic E-state index is 4.30. The van der Waals surface area contributed by atoms with Gasteiger partial charge in [0, 0.05) is 6.54 Å². The molecule has 4 heteroatoms. The second-order valence-corrected chi connectivity index (χ2v) is 7.15. The normalized spacial score (nSPS) is 23.1. The lowest BCUT2D eigenvalue weighted by atomic mass is 9.65. The Kier molecular flexibility index (Phi) is 5.80. The molecule has 1 heterocycles. The Hall–Kier alpha value is -0.900. The first-order valence-corrected chi connectivity index (χ1v) is 8.72. The number of nitrogens with one attached hydrogen (secondary N) is 1. The van der Waals surface area contributed by atoms with Crippen LogP contribution in [0.3, 0.4) is 0 Å². The highest BCUT2D eigenvalue weighted by Gasteiger charge is 2.39. The van der Waals surface area contributed by atoms with Crippen molar-refractivity contribution in [2.45, 2.75) is 78.8 Å². The SMILES string of the molecule is CCCNC(c1cnnn1CCC)C1CCCCC1(C)C. The Morgan fingerprint density at radius 3 is 2.81 bits per heavy atom. The quantitative estimate of drug-likeness (QED) is 0.827. The molecular weight excluding hydrogens is 260 g/mol. The van der Waals surface area contributed by atoms with E-state index in [-0.39, 0.29) is 0 Å². The van der Waals surface area contributed by atoms with Gasteiger partial charge in [-0.3, -0.25) is 0 Å². The summed E-state index contributed by atoms with van der Waals surface area (Å²) in [6, 6.07) is 0.391. The summed E-state index contributed by atoms with van der Waals surface area (Å²) in [6.07, 6.45) is 9.62. The Morgan fingerprint density at radius 2 is 2.14 bits per heavy atom. The van der Waals surface area contributed by atoms with E-state index in [1.807, 2.05) is 6.20 Å². The van der Waals surface area contributed by atoms with Gasteiger partial charge in [-0.2, -0.15) is 0 Å². The van der Waals surface area contributed by atoms with Crippen molar-refractivity contribution >= 4 is 0 Å². The van der Waals surface area contributed by atoms with Crippen molar-refractivity contribution in [3.05, 3.63) is 11.9 Å². The smallest absolute Gasteiger partial charge is 0.0759 e. The lowest BCUT2D eigenvalue weighted by Gasteiger charge is -2.43. The summed E-state index contributed by atoms with van der Waals surface area (Å²) in [5.41, 5.74) is 1.68. The third-order valence-electron chi connectivity index (χ3n) is 5.01. The van der Waals surface area contributed by atoms with E-state index in [1.165, 1.54) is 37.8 Å². The zero-order valence-corrected chi connectivity index (χ0v) is 14.2. The van der Waals surface area contributed by atoms with E-state index in [2.05, 4.69) is 48.0 Å². The standard InChI is InChI=1S/C17H32N4/c1-5-11-18-16(14-9-7-8-10-17(14,3)4)15-13-19-20-21(15)12-6-2/h13-14,16,18H,5-12H2,1-4H3. The number of nitrogens with zero attached hydrogens (tertiary/aromatic N) is 3. The second-order valence-electron chi connectivity index (χ2n) is 7.15. The Morgan fingerprint density at radius 1 is 1.33 bits per heavy atom.